The van der Waals surface area contributed by atoms with Gasteiger partial charge in [0.15, 0.2) is 0 Å². The van der Waals surface area contributed by atoms with Crippen LogP contribution in [0.5, 0.6) is 0 Å². The summed E-state index contributed by atoms with van der Waals surface area (Å²) in [6.07, 6.45) is -3.13. The Bertz CT molecular complexity index is 97.0. The Hall–Kier alpha value is -0.200. The lowest BCUT2D eigenvalue weighted by Gasteiger charge is -2.20. The molecule has 0 aromatic rings. The summed E-state index contributed by atoms with van der Waals surface area (Å²) in [5.41, 5.74) is 0. The zero-order valence-corrected chi connectivity index (χ0v) is 5.96. The van der Waals surface area contributed by atoms with Crippen molar-refractivity contribution in [1.29, 1.82) is 0 Å². The van der Waals surface area contributed by atoms with Crippen LogP contribution in [0.1, 0.15) is 0 Å². The van der Waals surface area contributed by atoms with Gasteiger partial charge in [-0.1, -0.05) is 0 Å². The van der Waals surface area contributed by atoms with Crippen molar-refractivity contribution in [3.63, 3.8) is 0 Å². The minimum Gasteiger partial charge on any atom is -0.396 e. The first-order chi connectivity index (χ1) is 5.13. The molecule has 0 rings (SSSR count). The second-order valence-corrected chi connectivity index (χ2v) is 2.15. The minimum absolute atomic E-state index is 0.392. The highest BCUT2D eigenvalue weighted by molar-refractivity contribution is 4.84. The Morgan fingerprint density at radius 1 is 1.09 bits per heavy atom. The number of hydrogen-bond donors (Lipinski definition) is 5. The molecule has 0 amide bonds. The van der Waals surface area contributed by atoms with Crippen molar-refractivity contribution in [3.8, 4) is 0 Å². The molecule has 67 valence electrons. The van der Waals surface area contributed by atoms with Gasteiger partial charge in [-0.25, -0.2) is 0 Å². The number of aliphatic hydroxyl groups is 5. The smallest absolute Gasteiger partial charge is 0.108 e. The summed E-state index contributed by atoms with van der Waals surface area (Å²) in [5.74, 6) is 0. The van der Waals surface area contributed by atoms with E-state index in [0.29, 0.717) is 0 Å². The predicted octanol–water partition coefficient (Wildman–Crippen LogP) is -2.74. The molecule has 0 spiro atoms. The first kappa shape index (κ1) is 10.8. The van der Waals surface area contributed by atoms with Gasteiger partial charge in [0.25, 0.3) is 0 Å². The Balaban J connectivity index is 3.70. The lowest BCUT2D eigenvalue weighted by molar-refractivity contribution is -0.0678. The van der Waals surface area contributed by atoms with E-state index < -0.39 is 31.5 Å². The minimum atomic E-state index is -1.45. The van der Waals surface area contributed by atoms with Crippen LogP contribution in [0, 0.1) is 6.42 Å². The molecule has 1 radical (unpaired) electrons. The van der Waals surface area contributed by atoms with Crippen LogP contribution in [0.3, 0.4) is 0 Å². The number of hydrogen-bond acceptors (Lipinski definition) is 5. The van der Waals surface area contributed by atoms with Gasteiger partial charge in [0.1, 0.15) is 12.2 Å². The molecule has 0 saturated carbocycles. The summed E-state index contributed by atoms with van der Waals surface area (Å²) in [7, 11) is 0. The van der Waals surface area contributed by atoms with Gasteiger partial charge in [0, 0.05) is 13.0 Å². The van der Waals surface area contributed by atoms with Crippen LogP contribution in [0.2, 0.25) is 0 Å². The molecule has 0 unspecified atom stereocenters. The fourth-order valence-electron chi connectivity index (χ4n) is 0.583. The normalized spacial score (nSPS) is 19.4. The topological polar surface area (TPSA) is 101 Å². The van der Waals surface area contributed by atoms with Crippen LogP contribution in [0.15, 0.2) is 0 Å². The molecule has 0 aromatic carbocycles. The summed E-state index contributed by atoms with van der Waals surface area (Å²) in [4.78, 5) is 0. The standard InChI is InChI=1S/C6H13O5/c7-2-1-4(9)6(11)5(10)3-8/h1,4-11H,2-3H2/t4-,5-,6+/m1/s1. The summed E-state index contributed by atoms with van der Waals surface area (Å²) >= 11 is 0. The predicted molar refractivity (Wildman–Crippen MR) is 36.5 cm³/mol. The SMILES string of the molecule is OC[CH][C@@H](O)[C@H](O)[C@H](O)CO. The molecule has 5 N–H and O–H groups in total. The number of rotatable bonds is 5. The summed E-state index contributed by atoms with van der Waals surface area (Å²) in [5, 5.41) is 43.2. The lowest BCUT2D eigenvalue weighted by Crippen LogP contribution is -2.40. The first-order valence-electron chi connectivity index (χ1n) is 3.22. The molecule has 0 aliphatic carbocycles. The zero-order chi connectivity index (χ0) is 8.85. The molecule has 0 heterocycles. The zero-order valence-electron chi connectivity index (χ0n) is 5.96. The fourth-order valence-corrected chi connectivity index (χ4v) is 0.583. The molecule has 0 bridgehead atoms. The van der Waals surface area contributed by atoms with Crippen LogP contribution >= 0.6 is 0 Å². The van der Waals surface area contributed by atoms with Gasteiger partial charge < -0.3 is 25.5 Å². The van der Waals surface area contributed by atoms with Crippen LogP contribution < -0.4 is 0 Å². The van der Waals surface area contributed by atoms with Crippen molar-refractivity contribution in [2.24, 2.45) is 0 Å². The van der Waals surface area contributed by atoms with Crippen molar-refractivity contribution in [2.75, 3.05) is 13.2 Å². The summed E-state index contributed by atoms with van der Waals surface area (Å²) < 4.78 is 0. The fraction of sp³-hybridized carbons (Fsp3) is 0.833. The quantitative estimate of drug-likeness (QED) is 0.304. The molecule has 0 aliphatic rings. The van der Waals surface area contributed by atoms with Crippen LogP contribution in [0.25, 0.3) is 0 Å². The lowest BCUT2D eigenvalue weighted by atomic mass is 10.1. The molecule has 0 saturated heterocycles. The van der Waals surface area contributed by atoms with Gasteiger partial charge in [0.2, 0.25) is 0 Å². The average Bonchev–Trinajstić information content (AvgIpc) is 2.02. The molecule has 0 fully saturated rings. The van der Waals surface area contributed by atoms with E-state index in [4.69, 9.17) is 25.5 Å². The van der Waals surface area contributed by atoms with E-state index in [9.17, 15) is 0 Å². The molecule has 5 heteroatoms. The van der Waals surface area contributed by atoms with Crippen LogP contribution in [0.4, 0.5) is 0 Å². The Kier molecular flexibility index (Phi) is 5.35. The Morgan fingerprint density at radius 3 is 2.00 bits per heavy atom. The molecule has 5 nitrogen and oxygen atoms in total. The third kappa shape index (κ3) is 3.64. The molecule has 3 atom stereocenters. The largest absolute Gasteiger partial charge is 0.396 e. The van der Waals surface area contributed by atoms with Gasteiger partial charge in [-0.2, -0.15) is 0 Å². The van der Waals surface area contributed by atoms with E-state index in [1.165, 1.54) is 0 Å². The van der Waals surface area contributed by atoms with Crippen molar-refractivity contribution >= 4 is 0 Å². The van der Waals surface area contributed by atoms with Crippen LogP contribution in [-0.4, -0.2) is 57.1 Å². The van der Waals surface area contributed by atoms with Gasteiger partial charge in [0.05, 0.1) is 12.7 Å². The molecule has 0 aliphatic heterocycles. The van der Waals surface area contributed by atoms with Crippen molar-refractivity contribution in [2.45, 2.75) is 18.3 Å². The third-order valence-corrected chi connectivity index (χ3v) is 1.28. The molecular weight excluding hydrogens is 152 g/mol. The van der Waals surface area contributed by atoms with Crippen molar-refractivity contribution in [3.05, 3.63) is 6.42 Å². The van der Waals surface area contributed by atoms with Gasteiger partial charge in [-0.15, -0.1) is 0 Å². The second kappa shape index (κ2) is 5.45. The summed E-state index contributed by atoms with van der Waals surface area (Å²) in [6.45, 7) is -1.02. The van der Waals surface area contributed by atoms with E-state index in [2.05, 4.69) is 0 Å². The highest BCUT2D eigenvalue weighted by Gasteiger charge is 2.23. The average molecular weight is 165 g/mol. The van der Waals surface area contributed by atoms with Gasteiger partial charge in [-0.3, -0.25) is 0 Å². The first-order valence-corrected chi connectivity index (χ1v) is 3.22. The van der Waals surface area contributed by atoms with Gasteiger partial charge in [-0.05, 0) is 0 Å². The van der Waals surface area contributed by atoms with Crippen LogP contribution in [-0.2, 0) is 0 Å². The van der Waals surface area contributed by atoms with E-state index in [0.717, 1.165) is 6.42 Å². The maximum Gasteiger partial charge on any atom is 0.108 e. The maximum atomic E-state index is 8.91. The van der Waals surface area contributed by atoms with E-state index in [1.807, 2.05) is 0 Å². The third-order valence-electron chi connectivity index (χ3n) is 1.28. The highest BCUT2D eigenvalue weighted by atomic mass is 16.4. The second-order valence-electron chi connectivity index (χ2n) is 2.15. The van der Waals surface area contributed by atoms with Gasteiger partial charge >= 0.3 is 0 Å². The van der Waals surface area contributed by atoms with Crippen molar-refractivity contribution in [1.82, 2.24) is 0 Å². The Labute approximate surface area is 64.5 Å². The molecule has 11 heavy (non-hydrogen) atoms. The molecule has 0 aromatic heterocycles. The monoisotopic (exact) mass is 165 g/mol. The van der Waals surface area contributed by atoms with E-state index in [1.54, 1.807) is 0 Å². The maximum absolute atomic E-state index is 8.91. The highest BCUT2D eigenvalue weighted by Crippen LogP contribution is 2.01. The number of aliphatic hydroxyl groups excluding tert-OH is 5. The Morgan fingerprint density at radius 2 is 1.64 bits per heavy atom. The molecular formula is C6H13O5. The van der Waals surface area contributed by atoms with E-state index >= 15 is 0 Å². The van der Waals surface area contributed by atoms with E-state index in [-0.39, 0.29) is 0 Å². The van der Waals surface area contributed by atoms with Crippen molar-refractivity contribution < 1.29 is 25.5 Å². The summed E-state index contributed by atoms with van der Waals surface area (Å²) in [6, 6.07) is 0.